The third kappa shape index (κ3) is 3.60. The molecule has 1 unspecified atom stereocenters. The molecule has 4 nitrogen and oxygen atoms in total. The number of hydrogen-bond acceptors (Lipinski definition) is 3. The maximum atomic E-state index is 11.4. The fraction of sp³-hybridized carbons (Fsp3) is 0.438. The predicted octanol–water partition coefficient (Wildman–Crippen LogP) is 2.43. The first-order valence-corrected chi connectivity index (χ1v) is 8.90. The minimum Gasteiger partial charge on any atom is -0.307 e. The molecular formula is C16H21N3OS. The molecule has 0 spiro atoms. The molecule has 0 radical (unpaired) electrons. The van der Waals surface area contributed by atoms with Gasteiger partial charge >= 0.3 is 0 Å². The van der Waals surface area contributed by atoms with E-state index in [4.69, 9.17) is 0 Å². The van der Waals surface area contributed by atoms with Gasteiger partial charge in [0.25, 0.3) is 0 Å². The van der Waals surface area contributed by atoms with Crippen molar-refractivity contribution in [2.45, 2.75) is 31.8 Å². The zero-order valence-electron chi connectivity index (χ0n) is 12.2. The van der Waals surface area contributed by atoms with Crippen LogP contribution < -0.4 is 5.32 Å². The highest BCUT2D eigenvalue weighted by Crippen LogP contribution is 2.19. The van der Waals surface area contributed by atoms with E-state index in [1.165, 1.54) is 5.56 Å². The second-order valence-corrected chi connectivity index (χ2v) is 7.27. The monoisotopic (exact) mass is 303 g/mol. The molecule has 21 heavy (non-hydrogen) atoms. The minimum absolute atomic E-state index is 0.318. The number of nitrogens with zero attached hydrogens (tertiary/aromatic N) is 2. The summed E-state index contributed by atoms with van der Waals surface area (Å²) in [7, 11) is -0.589. The van der Waals surface area contributed by atoms with Gasteiger partial charge in [0.1, 0.15) is 0 Å². The van der Waals surface area contributed by atoms with Crippen LogP contribution in [0.4, 0.5) is 0 Å². The Hall–Kier alpha value is -1.46. The smallest absolute Gasteiger partial charge is 0.0991 e. The number of hydrogen-bond donors (Lipinski definition) is 1. The van der Waals surface area contributed by atoms with E-state index in [0.29, 0.717) is 12.1 Å². The molecule has 1 atom stereocenters. The van der Waals surface area contributed by atoms with Crippen LogP contribution >= 0.6 is 0 Å². The molecule has 0 aliphatic carbocycles. The summed E-state index contributed by atoms with van der Waals surface area (Å²) in [6, 6.07) is 9.36. The van der Waals surface area contributed by atoms with Crippen LogP contribution in [0, 0.1) is 0 Å². The second-order valence-electron chi connectivity index (χ2n) is 5.57. The molecule has 112 valence electrons. The van der Waals surface area contributed by atoms with E-state index in [1.54, 1.807) is 12.5 Å². The molecule has 1 fully saturated rings. The molecule has 1 aromatic heterocycles. The van der Waals surface area contributed by atoms with Gasteiger partial charge in [-0.25, -0.2) is 4.98 Å². The fourth-order valence-electron chi connectivity index (χ4n) is 2.76. The SMILES string of the molecule is CC(NC1CCS(=O)CC1)c1ccc(-n2ccnc2)cc1. The van der Waals surface area contributed by atoms with Gasteiger partial charge in [-0.05, 0) is 37.5 Å². The lowest BCUT2D eigenvalue weighted by Gasteiger charge is -2.26. The van der Waals surface area contributed by atoms with E-state index in [1.807, 2.05) is 10.8 Å². The van der Waals surface area contributed by atoms with E-state index < -0.39 is 10.8 Å². The van der Waals surface area contributed by atoms with Gasteiger partial charge in [0.15, 0.2) is 0 Å². The number of benzene rings is 1. The molecule has 1 aliphatic rings. The van der Waals surface area contributed by atoms with Crippen molar-refractivity contribution >= 4 is 10.8 Å². The minimum atomic E-state index is -0.589. The van der Waals surface area contributed by atoms with Gasteiger partial charge in [-0.3, -0.25) is 4.21 Å². The lowest BCUT2D eigenvalue weighted by molar-refractivity contribution is 0.427. The van der Waals surface area contributed by atoms with E-state index >= 15 is 0 Å². The van der Waals surface area contributed by atoms with Crippen molar-refractivity contribution in [3.8, 4) is 5.69 Å². The van der Waals surface area contributed by atoms with Gasteiger partial charge in [0.05, 0.1) is 6.33 Å². The van der Waals surface area contributed by atoms with Crippen molar-refractivity contribution in [2.75, 3.05) is 11.5 Å². The maximum absolute atomic E-state index is 11.4. The molecule has 1 saturated heterocycles. The molecule has 1 N–H and O–H groups in total. The second kappa shape index (κ2) is 6.54. The molecule has 1 aromatic carbocycles. The molecule has 0 saturated carbocycles. The van der Waals surface area contributed by atoms with E-state index in [9.17, 15) is 4.21 Å². The first-order chi connectivity index (χ1) is 10.2. The van der Waals surface area contributed by atoms with E-state index in [-0.39, 0.29) is 0 Å². The Morgan fingerprint density at radius 2 is 2.00 bits per heavy atom. The van der Waals surface area contributed by atoms with E-state index in [2.05, 4.69) is 41.5 Å². The van der Waals surface area contributed by atoms with Gasteiger partial charge in [-0.15, -0.1) is 0 Å². The first kappa shape index (κ1) is 14.5. The van der Waals surface area contributed by atoms with Gasteiger partial charge in [-0.2, -0.15) is 0 Å². The van der Waals surface area contributed by atoms with Crippen LogP contribution in [0.3, 0.4) is 0 Å². The highest BCUT2D eigenvalue weighted by atomic mass is 32.2. The first-order valence-electron chi connectivity index (χ1n) is 7.41. The Kier molecular flexibility index (Phi) is 4.51. The van der Waals surface area contributed by atoms with E-state index in [0.717, 1.165) is 30.0 Å². The fourth-order valence-corrected chi connectivity index (χ4v) is 4.06. The molecule has 0 bridgehead atoms. The maximum Gasteiger partial charge on any atom is 0.0991 e. The summed E-state index contributed by atoms with van der Waals surface area (Å²) >= 11 is 0. The van der Waals surface area contributed by atoms with Gasteiger partial charge in [-0.1, -0.05) is 12.1 Å². The zero-order chi connectivity index (χ0) is 14.7. The summed E-state index contributed by atoms with van der Waals surface area (Å²) in [6.07, 6.45) is 7.57. The Morgan fingerprint density at radius 3 is 2.62 bits per heavy atom. The Morgan fingerprint density at radius 1 is 1.29 bits per heavy atom. The summed E-state index contributed by atoms with van der Waals surface area (Å²) < 4.78 is 13.4. The molecule has 5 heteroatoms. The van der Waals surface area contributed by atoms with Crippen LogP contribution in [0.5, 0.6) is 0 Å². The van der Waals surface area contributed by atoms with Crippen LogP contribution in [-0.4, -0.2) is 31.3 Å². The third-order valence-electron chi connectivity index (χ3n) is 4.07. The molecule has 0 amide bonds. The highest BCUT2D eigenvalue weighted by Gasteiger charge is 2.19. The average Bonchev–Trinajstić information content (AvgIpc) is 3.04. The predicted molar refractivity (Wildman–Crippen MR) is 86.0 cm³/mol. The summed E-state index contributed by atoms with van der Waals surface area (Å²) in [5.41, 5.74) is 2.40. The van der Waals surface area contributed by atoms with Crippen LogP contribution in [0.1, 0.15) is 31.4 Å². The molecule has 3 rings (SSSR count). The zero-order valence-corrected chi connectivity index (χ0v) is 13.1. The van der Waals surface area contributed by atoms with Gasteiger partial charge < -0.3 is 9.88 Å². The average molecular weight is 303 g/mol. The Balaban J connectivity index is 1.62. The summed E-state index contributed by atoms with van der Waals surface area (Å²) in [5, 5.41) is 3.66. The number of rotatable bonds is 4. The van der Waals surface area contributed by atoms with Crippen LogP contribution in [0.15, 0.2) is 43.0 Å². The summed E-state index contributed by atoms with van der Waals surface area (Å²) in [6.45, 7) is 2.19. The standard InChI is InChI=1S/C16H21N3OS/c1-13(18-15-6-10-21(20)11-7-15)14-2-4-16(5-3-14)19-9-8-17-12-19/h2-5,8-9,12-13,15,18H,6-7,10-11H2,1H3. The number of aromatic nitrogens is 2. The molecule has 2 heterocycles. The van der Waals surface area contributed by atoms with Crippen molar-refractivity contribution in [3.63, 3.8) is 0 Å². The van der Waals surface area contributed by atoms with Gasteiger partial charge in [0.2, 0.25) is 0 Å². The summed E-state index contributed by atoms with van der Waals surface area (Å²) in [4.78, 5) is 4.07. The normalized spacial score (nSPS) is 23.9. The third-order valence-corrected chi connectivity index (χ3v) is 5.45. The lowest BCUT2D eigenvalue weighted by Crippen LogP contribution is -2.37. The van der Waals surface area contributed by atoms with Crippen LogP contribution in [0.2, 0.25) is 0 Å². The van der Waals surface area contributed by atoms with Crippen molar-refractivity contribution in [3.05, 3.63) is 48.5 Å². The summed E-state index contributed by atoms with van der Waals surface area (Å²) in [5.74, 6) is 1.67. The van der Waals surface area contributed by atoms with Crippen molar-refractivity contribution in [1.82, 2.24) is 14.9 Å². The largest absolute Gasteiger partial charge is 0.307 e. The number of imidazole rings is 1. The lowest BCUT2D eigenvalue weighted by atomic mass is 10.0. The topological polar surface area (TPSA) is 46.9 Å². The van der Waals surface area contributed by atoms with Crippen LogP contribution in [0.25, 0.3) is 5.69 Å². The van der Waals surface area contributed by atoms with Crippen molar-refractivity contribution < 1.29 is 4.21 Å². The van der Waals surface area contributed by atoms with Gasteiger partial charge in [0, 0.05) is 52.5 Å². The molecule has 2 aromatic rings. The van der Waals surface area contributed by atoms with Crippen molar-refractivity contribution in [2.24, 2.45) is 0 Å². The Labute approximate surface area is 128 Å². The van der Waals surface area contributed by atoms with Crippen molar-refractivity contribution in [1.29, 1.82) is 0 Å². The quantitative estimate of drug-likeness (QED) is 0.943. The molecule has 1 aliphatic heterocycles. The highest BCUT2D eigenvalue weighted by molar-refractivity contribution is 7.85. The molecular weight excluding hydrogens is 282 g/mol. The Bertz CT molecular complexity index is 584. The number of nitrogens with one attached hydrogen (secondary N) is 1. The van der Waals surface area contributed by atoms with Crippen LogP contribution in [-0.2, 0) is 10.8 Å².